The van der Waals surface area contributed by atoms with Crippen LogP contribution in [0.2, 0.25) is 0 Å². The van der Waals surface area contributed by atoms with Gasteiger partial charge in [0.15, 0.2) is 0 Å². The van der Waals surface area contributed by atoms with Crippen molar-refractivity contribution in [2.75, 3.05) is 19.4 Å². The van der Waals surface area contributed by atoms with Crippen molar-refractivity contribution in [3.63, 3.8) is 0 Å². The Kier molecular flexibility index (Phi) is 5.28. The zero-order valence-corrected chi connectivity index (χ0v) is 7.29. The molecule has 36 valence electrons. The highest BCUT2D eigenvalue weighted by atomic mass is 127. The van der Waals surface area contributed by atoms with E-state index in [4.69, 9.17) is 0 Å². The summed E-state index contributed by atoms with van der Waals surface area (Å²) < 4.78 is 0. The van der Waals surface area contributed by atoms with Crippen LogP contribution < -0.4 is 0 Å². The molecule has 0 nitrogen and oxygen atoms in total. The first kappa shape index (κ1) is 7.22. The zero-order chi connectivity index (χ0) is 4.99. The van der Waals surface area contributed by atoms with Crippen LogP contribution >= 0.6 is 30.3 Å². The van der Waals surface area contributed by atoms with Gasteiger partial charge in [0.1, 0.15) is 0 Å². The predicted octanol–water partition coefficient (Wildman–Crippen LogP) is 1.47. The Labute approximate surface area is 55.0 Å². The van der Waals surface area contributed by atoms with Crippen molar-refractivity contribution < 1.29 is 0 Å². The monoisotopic (exact) mass is 214 g/mol. The van der Waals surface area contributed by atoms with Crippen LogP contribution in [0.1, 0.15) is 0 Å². The van der Waals surface area contributed by atoms with Gasteiger partial charge in [-0.15, -0.1) is 7.92 Å². The van der Waals surface area contributed by atoms with Crippen LogP contribution in [0.15, 0.2) is 0 Å². The molecule has 3 heteroatoms. The molecule has 0 aliphatic carbocycles. The van der Waals surface area contributed by atoms with Gasteiger partial charge in [0.05, 0.1) is 0 Å². The molecule has 0 radical (unpaired) electrons. The molecule has 0 aromatic rings. The van der Waals surface area contributed by atoms with Crippen LogP contribution in [-0.2, 0) is 0 Å². The van der Waals surface area contributed by atoms with Crippen molar-refractivity contribution in [3.05, 3.63) is 0 Å². The lowest BCUT2D eigenvalue weighted by atomic mass is 10.2. The molecular weight excluding hydrogens is 205 g/mol. The number of hydrogen-bond donors (Lipinski definition) is 0. The summed E-state index contributed by atoms with van der Waals surface area (Å²) in [5.74, 6) is 0. The first-order valence-electron chi connectivity index (χ1n) is 1.98. The van der Waals surface area contributed by atoms with Crippen molar-refractivity contribution >= 4 is 35.4 Å². The Hall–Kier alpha value is 1.22. The zero-order valence-electron chi connectivity index (χ0n) is 4.24. The Bertz CT molecular complexity index is 32.0. The summed E-state index contributed by atoms with van der Waals surface area (Å²) in [6.07, 6.45) is 0. The molecule has 0 heterocycles. The molecular formula is C3H9BIP. The fourth-order valence-corrected chi connectivity index (χ4v) is 3.40. The average Bonchev–Trinajstić information content (AvgIpc) is 1.35. The van der Waals surface area contributed by atoms with Gasteiger partial charge in [-0.05, 0) is 19.4 Å². The van der Waals surface area contributed by atoms with Gasteiger partial charge in [0, 0.05) is 0 Å². The fourth-order valence-electron chi connectivity index (χ4n) is 0.169. The molecule has 0 spiro atoms. The number of rotatable bonds is 2. The molecule has 6 heavy (non-hydrogen) atoms. The largest absolute Gasteiger partial charge is 0.204 e. The minimum atomic E-state index is 0.392. The van der Waals surface area contributed by atoms with Crippen molar-refractivity contribution in [3.8, 4) is 0 Å². The standard InChI is InChI=1S/C3H9BIP/c1-6(2)3-4-5/h4H,3H2,1-2H3. The van der Waals surface area contributed by atoms with E-state index in [0.29, 0.717) is 7.92 Å². The van der Waals surface area contributed by atoms with E-state index in [0.717, 1.165) is 0 Å². The quantitative estimate of drug-likeness (QED) is 0.370. The average molecular weight is 214 g/mol. The summed E-state index contributed by atoms with van der Waals surface area (Å²) in [4.78, 5) is 0. The van der Waals surface area contributed by atoms with Crippen LogP contribution in [0, 0.1) is 0 Å². The van der Waals surface area contributed by atoms with Gasteiger partial charge in [-0.25, -0.2) is 0 Å². The molecule has 0 N–H and O–H groups in total. The second-order valence-corrected chi connectivity index (χ2v) is 5.18. The summed E-state index contributed by atoms with van der Waals surface area (Å²) in [6, 6.07) is 1.43. The Morgan fingerprint density at radius 3 is 2.17 bits per heavy atom. The maximum Gasteiger partial charge on any atom is 0.204 e. The molecule has 0 atom stereocenters. The maximum atomic E-state index is 2.42. The molecule has 0 aromatic carbocycles. The van der Waals surface area contributed by atoms with E-state index in [1.54, 1.807) is 0 Å². The molecule has 0 unspecified atom stereocenters. The lowest BCUT2D eigenvalue weighted by molar-refractivity contribution is 2.02. The van der Waals surface area contributed by atoms with Crippen molar-refractivity contribution in [1.29, 1.82) is 0 Å². The molecule has 0 amide bonds. The summed E-state index contributed by atoms with van der Waals surface area (Å²) in [6.45, 7) is 4.63. The highest BCUT2D eigenvalue weighted by Gasteiger charge is 1.87. The normalized spacial score (nSPS) is 9.33. The summed E-state index contributed by atoms with van der Waals surface area (Å²) in [5, 5.41) is 1.33. The third-order valence-corrected chi connectivity index (χ3v) is 3.04. The lowest BCUT2D eigenvalue weighted by Crippen LogP contribution is -1.82. The lowest BCUT2D eigenvalue weighted by Gasteiger charge is -1.95. The fraction of sp³-hybridized carbons (Fsp3) is 1.00. The van der Waals surface area contributed by atoms with Crippen LogP contribution in [0.4, 0.5) is 0 Å². The second-order valence-electron chi connectivity index (χ2n) is 1.49. The van der Waals surface area contributed by atoms with Gasteiger partial charge in [-0.2, -0.15) is 22.4 Å². The van der Waals surface area contributed by atoms with Crippen LogP contribution in [0.3, 0.4) is 0 Å². The molecule has 0 saturated carbocycles. The van der Waals surface area contributed by atoms with E-state index in [1.807, 2.05) is 0 Å². The molecule has 0 bridgehead atoms. The SMILES string of the molecule is CP(C)CBI. The van der Waals surface area contributed by atoms with E-state index in [1.165, 1.54) is 11.2 Å². The van der Waals surface area contributed by atoms with E-state index < -0.39 is 0 Å². The van der Waals surface area contributed by atoms with Gasteiger partial charge in [-0.3, -0.25) is 0 Å². The van der Waals surface area contributed by atoms with Crippen molar-refractivity contribution in [2.45, 2.75) is 0 Å². The molecule has 0 aliphatic rings. The van der Waals surface area contributed by atoms with Crippen LogP contribution in [0.5, 0.6) is 0 Å². The van der Waals surface area contributed by atoms with Crippen LogP contribution in [-0.4, -0.2) is 24.5 Å². The third-order valence-electron chi connectivity index (χ3n) is 0.532. The second kappa shape index (κ2) is 4.39. The van der Waals surface area contributed by atoms with E-state index in [2.05, 4.69) is 35.7 Å². The van der Waals surface area contributed by atoms with Crippen molar-refractivity contribution in [1.82, 2.24) is 0 Å². The molecule has 0 fully saturated rings. The van der Waals surface area contributed by atoms with Gasteiger partial charge in [0.2, 0.25) is 5.14 Å². The molecule has 0 aromatic heterocycles. The van der Waals surface area contributed by atoms with E-state index in [-0.39, 0.29) is 0 Å². The van der Waals surface area contributed by atoms with Gasteiger partial charge >= 0.3 is 0 Å². The predicted molar refractivity (Wildman–Crippen MR) is 44.8 cm³/mol. The molecule has 0 aliphatic heterocycles. The summed E-state index contributed by atoms with van der Waals surface area (Å²) in [7, 11) is 0.392. The Morgan fingerprint density at radius 1 is 1.67 bits per heavy atom. The van der Waals surface area contributed by atoms with E-state index in [9.17, 15) is 0 Å². The number of hydrogen-bond acceptors (Lipinski definition) is 0. The first-order valence-corrected chi connectivity index (χ1v) is 5.92. The third kappa shape index (κ3) is 5.22. The molecule has 0 rings (SSSR count). The van der Waals surface area contributed by atoms with Gasteiger partial charge in [-0.1, -0.05) is 0 Å². The summed E-state index contributed by atoms with van der Waals surface area (Å²) in [5.41, 5.74) is 0. The molecule has 0 saturated heterocycles. The van der Waals surface area contributed by atoms with Crippen molar-refractivity contribution in [2.24, 2.45) is 0 Å². The Balaban J connectivity index is 2.63. The first-order chi connectivity index (χ1) is 2.77. The minimum Gasteiger partial charge on any atom is -0.155 e. The highest BCUT2D eigenvalue weighted by molar-refractivity contribution is 14.1. The Morgan fingerprint density at radius 2 is 2.17 bits per heavy atom. The van der Waals surface area contributed by atoms with Gasteiger partial charge < -0.3 is 0 Å². The van der Waals surface area contributed by atoms with Gasteiger partial charge in [0.25, 0.3) is 0 Å². The topological polar surface area (TPSA) is 0 Å². The van der Waals surface area contributed by atoms with Crippen LogP contribution in [0.25, 0.3) is 0 Å². The summed E-state index contributed by atoms with van der Waals surface area (Å²) >= 11 is 2.42. The maximum absolute atomic E-state index is 2.42. The number of halogens is 1. The minimum absolute atomic E-state index is 0.392. The van der Waals surface area contributed by atoms with E-state index >= 15 is 0 Å². The smallest absolute Gasteiger partial charge is 0.155 e. The highest BCUT2D eigenvalue weighted by Crippen LogP contribution is 2.22.